The van der Waals surface area contributed by atoms with E-state index in [9.17, 15) is 14.7 Å². The molecule has 0 aromatic heterocycles. The number of hydrogen-bond acceptors (Lipinski definition) is 4. The average molecular weight is 320 g/mol. The summed E-state index contributed by atoms with van der Waals surface area (Å²) in [7, 11) is 0. The summed E-state index contributed by atoms with van der Waals surface area (Å²) in [5.41, 5.74) is -0.854. The van der Waals surface area contributed by atoms with Crippen LogP contribution >= 0.6 is 23.5 Å². The molecule has 5 nitrogen and oxygen atoms in total. The number of rotatable bonds is 7. The van der Waals surface area contributed by atoms with Crippen LogP contribution < -0.4 is 10.6 Å². The topological polar surface area (TPSA) is 78.4 Å². The highest BCUT2D eigenvalue weighted by Gasteiger charge is 2.35. The molecule has 1 fully saturated rings. The Morgan fingerprint density at radius 2 is 1.95 bits per heavy atom. The zero-order chi connectivity index (χ0) is 15.0. The van der Waals surface area contributed by atoms with Crippen LogP contribution in [0.25, 0.3) is 0 Å². The third-order valence-corrected chi connectivity index (χ3v) is 6.61. The summed E-state index contributed by atoms with van der Waals surface area (Å²) in [6.07, 6.45) is 1.02. The van der Waals surface area contributed by atoms with Gasteiger partial charge in [0.15, 0.2) is 0 Å². The molecule has 0 spiro atoms. The molecule has 1 atom stereocenters. The van der Waals surface area contributed by atoms with Crippen LogP contribution in [0.3, 0.4) is 0 Å². The number of thioether (sulfide) groups is 2. The van der Waals surface area contributed by atoms with Crippen LogP contribution in [0.1, 0.15) is 26.7 Å². The van der Waals surface area contributed by atoms with E-state index in [-0.39, 0.29) is 12.6 Å². The molecule has 0 aromatic rings. The summed E-state index contributed by atoms with van der Waals surface area (Å²) < 4.78 is 0. The van der Waals surface area contributed by atoms with Crippen molar-refractivity contribution < 1.29 is 14.7 Å². The minimum atomic E-state index is -0.854. The molecule has 1 unspecified atom stereocenters. The molecule has 0 radical (unpaired) electrons. The maximum absolute atomic E-state index is 11.8. The van der Waals surface area contributed by atoms with E-state index in [1.807, 2.05) is 37.4 Å². The molecule has 0 aliphatic carbocycles. The third-order valence-electron chi connectivity index (χ3n) is 3.77. The van der Waals surface area contributed by atoms with E-state index in [1.165, 1.54) is 5.75 Å². The summed E-state index contributed by atoms with van der Waals surface area (Å²) in [6.45, 7) is 4.50. The van der Waals surface area contributed by atoms with Crippen LogP contribution in [-0.4, -0.2) is 52.7 Å². The van der Waals surface area contributed by atoms with E-state index in [2.05, 4.69) is 10.6 Å². The summed E-state index contributed by atoms with van der Waals surface area (Å²) in [5.74, 6) is 2.53. The van der Waals surface area contributed by atoms with Gasteiger partial charge in [0, 0.05) is 35.6 Å². The predicted octanol–water partition coefficient (Wildman–Crippen LogP) is 2.03. The fraction of sp³-hybridized carbons (Fsp3) is 0.846. The Bertz CT molecular complexity index is 330. The van der Waals surface area contributed by atoms with Gasteiger partial charge in [-0.15, -0.1) is 0 Å². The predicted molar refractivity (Wildman–Crippen MR) is 85.6 cm³/mol. The maximum Gasteiger partial charge on any atom is 0.314 e. The van der Waals surface area contributed by atoms with Crippen LogP contribution in [0.5, 0.6) is 0 Å². The lowest BCUT2D eigenvalue weighted by Gasteiger charge is -2.27. The van der Waals surface area contributed by atoms with Crippen molar-refractivity contribution in [1.29, 1.82) is 0 Å². The molecule has 3 N–H and O–H groups in total. The van der Waals surface area contributed by atoms with Gasteiger partial charge in [-0.05, 0) is 12.8 Å². The second-order valence-electron chi connectivity index (χ2n) is 4.92. The third kappa shape index (κ3) is 5.09. The molecular formula is C13H24N2O3S2. The number of carboxylic acid groups (broad SMARTS) is 1. The van der Waals surface area contributed by atoms with Crippen molar-refractivity contribution in [2.75, 3.05) is 30.3 Å². The Labute approximate surface area is 129 Å². The highest BCUT2D eigenvalue weighted by atomic mass is 32.2. The van der Waals surface area contributed by atoms with Gasteiger partial charge in [0.1, 0.15) is 0 Å². The minimum Gasteiger partial charge on any atom is -0.481 e. The van der Waals surface area contributed by atoms with Gasteiger partial charge in [-0.2, -0.15) is 23.5 Å². The van der Waals surface area contributed by atoms with Crippen molar-refractivity contribution in [3.05, 3.63) is 0 Å². The second kappa shape index (κ2) is 8.67. The molecular weight excluding hydrogens is 296 g/mol. The first-order valence-electron chi connectivity index (χ1n) is 6.98. The summed E-state index contributed by atoms with van der Waals surface area (Å²) in [5, 5.41) is 15.3. The largest absolute Gasteiger partial charge is 0.481 e. The standard InChI is InChI=1S/C13H24N2O3S2/c1-3-13(4-2,11(16)17)9-15-12(18)14-7-10-8-19-5-6-20-10/h10H,3-9H2,1-2H3,(H,16,17)(H2,14,15,18). The first-order valence-corrected chi connectivity index (χ1v) is 9.19. The fourth-order valence-corrected chi connectivity index (χ4v) is 4.66. The summed E-state index contributed by atoms with van der Waals surface area (Å²) in [6, 6.07) is -0.270. The highest BCUT2D eigenvalue weighted by Crippen LogP contribution is 2.25. The smallest absolute Gasteiger partial charge is 0.314 e. The van der Waals surface area contributed by atoms with Crippen LogP contribution in [0.2, 0.25) is 0 Å². The van der Waals surface area contributed by atoms with Crippen LogP contribution in [0.15, 0.2) is 0 Å². The Morgan fingerprint density at radius 3 is 2.45 bits per heavy atom. The highest BCUT2D eigenvalue weighted by molar-refractivity contribution is 8.06. The van der Waals surface area contributed by atoms with Gasteiger partial charge in [0.05, 0.1) is 5.41 Å². The molecule has 1 aliphatic heterocycles. The van der Waals surface area contributed by atoms with E-state index in [4.69, 9.17) is 0 Å². The summed E-state index contributed by atoms with van der Waals surface area (Å²) >= 11 is 3.80. The van der Waals surface area contributed by atoms with Crippen LogP contribution in [0, 0.1) is 5.41 Å². The van der Waals surface area contributed by atoms with Crippen molar-refractivity contribution in [3.8, 4) is 0 Å². The van der Waals surface area contributed by atoms with Crippen LogP contribution in [0.4, 0.5) is 4.79 Å². The number of urea groups is 1. The molecule has 1 aliphatic rings. The van der Waals surface area contributed by atoms with Gasteiger partial charge in [-0.1, -0.05) is 13.8 Å². The molecule has 0 saturated carbocycles. The van der Waals surface area contributed by atoms with Gasteiger partial charge < -0.3 is 15.7 Å². The Hall–Kier alpha value is -0.560. The zero-order valence-corrected chi connectivity index (χ0v) is 13.7. The van der Waals surface area contributed by atoms with Crippen molar-refractivity contribution in [2.24, 2.45) is 5.41 Å². The first-order chi connectivity index (χ1) is 9.54. The van der Waals surface area contributed by atoms with Crippen molar-refractivity contribution in [3.63, 3.8) is 0 Å². The van der Waals surface area contributed by atoms with E-state index >= 15 is 0 Å². The Balaban J connectivity index is 2.32. The Kier molecular flexibility index (Phi) is 7.58. The van der Waals surface area contributed by atoms with Crippen molar-refractivity contribution >= 4 is 35.5 Å². The molecule has 7 heteroatoms. The molecule has 0 aromatic carbocycles. The van der Waals surface area contributed by atoms with Gasteiger partial charge in [-0.25, -0.2) is 4.79 Å². The summed E-state index contributed by atoms with van der Waals surface area (Å²) in [4.78, 5) is 23.1. The molecule has 20 heavy (non-hydrogen) atoms. The molecule has 1 saturated heterocycles. The SMILES string of the molecule is CCC(CC)(CNC(=O)NCC1CSCCS1)C(=O)O. The number of carbonyl (C=O) groups excluding carboxylic acids is 1. The minimum absolute atomic E-state index is 0.174. The maximum atomic E-state index is 11.8. The zero-order valence-electron chi connectivity index (χ0n) is 12.1. The number of nitrogens with one attached hydrogen (secondary N) is 2. The molecule has 2 amide bonds. The van der Waals surface area contributed by atoms with E-state index in [0.29, 0.717) is 24.6 Å². The Morgan fingerprint density at radius 1 is 1.25 bits per heavy atom. The first kappa shape index (κ1) is 17.5. The fourth-order valence-electron chi connectivity index (χ4n) is 2.05. The van der Waals surface area contributed by atoms with Crippen molar-refractivity contribution in [1.82, 2.24) is 10.6 Å². The van der Waals surface area contributed by atoms with E-state index in [0.717, 1.165) is 11.5 Å². The molecule has 1 heterocycles. The van der Waals surface area contributed by atoms with E-state index < -0.39 is 11.4 Å². The number of hydrogen-bond donors (Lipinski definition) is 3. The quantitative estimate of drug-likeness (QED) is 0.669. The lowest BCUT2D eigenvalue weighted by molar-refractivity contribution is -0.149. The monoisotopic (exact) mass is 320 g/mol. The van der Waals surface area contributed by atoms with Gasteiger partial charge >= 0.3 is 12.0 Å². The average Bonchev–Trinajstić information content (AvgIpc) is 2.47. The van der Waals surface area contributed by atoms with Gasteiger partial charge in [0.2, 0.25) is 0 Å². The lowest BCUT2D eigenvalue weighted by Crippen LogP contribution is -2.47. The molecule has 0 bridgehead atoms. The number of carboxylic acids is 1. The van der Waals surface area contributed by atoms with E-state index in [1.54, 1.807) is 0 Å². The van der Waals surface area contributed by atoms with Crippen LogP contribution in [-0.2, 0) is 4.79 Å². The van der Waals surface area contributed by atoms with Crippen molar-refractivity contribution in [2.45, 2.75) is 31.9 Å². The number of amides is 2. The molecule has 116 valence electrons. The normalized spacial score (nSPS) is 19.4. The lowest BCUT2D eigenvalue weighted by atomic mass is 9.82. The molecule has 1 rings (SSSR count). The van der Waals surface area contributed by atoms with Gasteiger partial charge in [0.25, 0.3) is 0 Å². The van der Waals surface area contributed by atoms with Gasteiger partial charge in [-0.3, -0.25) is 4.79 Å². The number of aliphatic carboxylic acids is 1. The number of carbonyl (C=O) groups is 2. The second-order valence-corrected chi connectivity index (χ2v) is 7.48.